The van der Waals surface area contributed by atoms with Crippen molar-refractivity contribution in [2.24, 2.45) is 7.05 Å². The van der Waals surface area contributed by atoms with Crippen LogP contribution in [0.5, 0.6) is 0 Å². The van der Waals surface area contributed by atoms with E-state index < -0.39 is 0 Å². The van der Waals surface area contributed by atoms with E-state index in [1.54, 1.807) is 25.6 Å². The first-order valence-corrected chi connectivity index (χ1v) is 9.88. The summed E-state index contributed by atoms with van der Waals surface area (Å²) in [6, 6.07) is 17.8. The molecule has 0 unspecified atom stereocenters. The first kappa shape index (κ1) is 18.7. The van der Waals surface area contributed by atoms with Crippen molar-refractivity contribution >= 4 is 28.2 Å². The Labute approximate surface area is 178 Å². The van der Waals surface area contributed by atoms with E-state index in [4.69, 9.17) is 0 Å². The summed E-state index contributed by atoms with van der Waals surface area (Å²) in [5, 5.41) is 4.34. The number of imidazole rings is 1. The molecule has 0 radical (unpaired) electrons. The zero-order valence-electron chi connectivity index (χ0n) is 17.1. The smallest absolute Gasteiger partial charge is 0.176 e. The van der Waals surface area contributed by atoms with E-state index in [2.05, 4.69) is 25.3 Å². The summed E-state index contributed by atoms with van der Waals surface area (Å²) in [7, 11) is 1.90. The van der Waals surface area contributed by atoms with E-state index >= 15 is 0 Å². The second-order valence-electron chi connectivity index (χ2n) is 7.35. The summed E-state index contributed by atoms with van der Waals surface area (Å²) in [6.45, 7) is 1.58. The van der Waals surface area contributed by atoms with Gasteiger partial charge in [-0.2, -0.15) is 0 Å². The van der Waals surface area contributed by atoms with Gasteiger partial charge in [-0.25, -0.2) is 15.0 Å². The molecule has 0 spiro atoms. The van der Waals surface area contributed by atoms with Crippen molar-refractivity contribution < 1.29 is 4.79 Å². The lowest BCUT2D eigenvalue weighted by Crippen LogP contribution is -2.01. The molecule has 5 aromatic rings. The Kier molecular flexibility index (Phi) is 4.55. The maximum Gasteiger partial charge on any atom is 0.176 e. The van der Waals surface area contributed by atoms with Crippen molar-refractivity contribution in [1.82, 2.24) is 24.5 Å². The van der Waals surface area contributed by atoms with Crippen LogP contribution in [0.2, 0.25) is 0 Å². The third kappa shape index (κ3) is 3.57. The van der Waals surface area contributed by atoms with Crippen molar-refractivity contribution in [2.75, 3.05) is 5.32 Å². The molecule has 2 aromatic carbocycles. The van der Waals surface area contributed by atoms with Gasteiger partial charge in [0, 0.05) is 42.3 Å². The SMILES string of the molecule is CC(=O)c1cc2ccc(-c3nccc(Nc4ccc(-c5cnc[nH]5)cc4)n3)cc2n1C. The number of benzene rings is 2. The number of hydrogen-bond acceptors (Lipinski definition) is 5. The lowest BCUT2D eigenvalue weighted by molar-refractivity contribution is 0.101. The van der Waals surface area contributed by atoms with Crippen LogP contribution in [-0.4, -0.2) is 30.3 Å². The monoisotopic (exact) mass is 408 g/mol. The third-order valence-electron chi connectivity index (χ3n) is 5.29. The Hall–Kier alpha value is -4.26. The van der Waals surface area contributed by atoms with Crippen LogP contribution >= 0.6 is 0 Å². The first-order chi connectivity index (χ1) is 15.1. The van der Waals surface area contributed by atoms with Crippen molar-refractivity contribution in [3.05, 3.63) is 79.0 Å². The van der Waals surface area contributed by atoms with E-state index in [-0.39, 0.29) is 5.78 Å². The van der Waals surface area contributed by atoms with Crippen molar-refractivity contribution in [2.45, 2.75) is 6.92 Å². The van der Waals surface area contributed by atoms with Gasteiger partial charge in [0.1, 0.15) is 5.82 Å². The van der Waals surface area contributed by atoms with Crippen LogP contribution < -0.4 is 5.32 Å². The average molecular weight is 408 g/mol. The van der Waals surface area contributed by atoms with Gasteiger partial charge in [-0.1, -0.05) is 24.3 Å². The van der Waals surface area contributed by atoms with Gasteiger partial charge in [-0.3, -0.25) is 4.79 Å². The number of nitrogens with zero attached hydrogens (tertiary/aromatic N) is 4. The standard InChI is InChI=1S/C24H20N6O/c1-15(31)21-11-17-3-4-18(12-22(17)30(21)2)24-26-10-9-23(29-24)28-19-7-5-16(6-8-19)20-13-25-14-27-20/h3-14H,1-2H3,(H,25,27)(H,26,28,29). The number of ketones is 1. The highest BCUT2D eigenvalue weighted by atomic mass is 16.1. The largest absolute Gasteiger partial charge is 0.345 e. The fraction of sp³-hybridized carbons (Fsp3) is 0.0833. The molecule has 0 bridgehead atoms. The summed E-state index contributed by atoms with van der Waals surface area (Å²) in [6.07, 6.45) is 5.19. The lowest BCUT2D eigenvalue weighted by Gasteiger charge is -2.08. The van der Waals surface area contributed by atoms with Crippen LogP contribution in [0.15, 0.2) is 73.3 Å². The maximum atomic E-state index is 11.8. The molecule has 3 aromatic heterocycles. The molecule has 7 nitrogen and oxygen atoms in total. The average Bonchev–Trinajstić information content (AvgIpc) is 3.43. The number of aromatic nitrogens is 5. The van der Waals surface area contributed by atoms with Crippen molar-refractivity contribution in [3.63, 3.8) is 0 Å². The van der Waals surface area contributed by atoms with Gasteiger partial charge >= 0.3 is 0 Å². The van der Waals surface area contributed by atoms with Gasteiger partial charge < -0.3 is 14.9 Å². The Morgan fingerprint density at radius 2 is 1.84 bits per heavy atom. The number of carbonyl (C=O) groups excluding carboxylic acids is 1. The number of anilines is 2. The lowest BCUT2D eigenvalue weighted by atomic mass is 10.1. The first-order valence-electron chi connectivity index (χ1n) is 9.88. The topological polar surface area (TPSA) is 88.5 Å². The number of nitrogens with one attached hydrogen (secondary N) is 2. The second kappa shape index (κ2) is 7.53. The number of aryl methyl sites for hydroxylation is 1. The summed E-state index contributed by atoms with van der Waals surface area (Å²) in [4.78, 5) is 28.1. The van der Waals surface area contributed by atoms with E-state index in [0.717, 1.165) is 33.4 Å². The Balaban J connectivity index is 1.42. The zero-order chi connectivity index (χ0) is 21.4. The molecule has 5 rings (SSSR count). The van der Waals surface area contributed by atoms with Crippen LogP contribution in [0.3, 0.4) is 0 Å². The fourth-order valence-corrected chi connectivity index (χ4v) is 3.67. The molecule has 31 heavy (non-hydrogen) atoms. The number of H-pyrrole nitrogens is 1. The number of rotatable bonds is 5. The summed E-state index contributed by atoms with van der Waals surface area (Å²) in [5.41, 5.74) is 5.51. The molecule has 0 atom stereocenters. The Morgan fingerprint density at radius 1 is 1.03 bits per heavy atom. The second-order valence-corrected chi connectivity index (χ2v) is 7.35. The molecule has 0 saturated heterocycles. The highest BCUT2D eigenvalue weighted by Crippen LogP contribution is 2.26. The van der Waals surface area contributed by atoms with Crippen LogP contribution in [0.4, 0.5) is 11.5 Å². The van der Waals surface area contributed by atoms with Gasteiger partial charge in [0.15, 0.2) is 11.6 Å². The summed E-state index contributed by atoms with van der Waals surface area (Å²) >= 11 is 0. The van der Waals surface area contributed by atoms with E-state index in [1.807, 2.05) is 66.2 Å². The van der Waals surface area contributed by atoms with E-state index in [0.29, 0.717) is 17.3 Å². The number of aromatic amines is 1. The minimum Gasteiger partial charge on any atom is -0.345 e. The van der Waals surface area contributed by atoms with Gasteiger partial charge in [0.25, 0.3) is 0 Å². The number of Topliss-reactive ketones (excluding diaryl/α,β-unsaturated/α-hetero) is 1. The van der Waals surface area contributed by atoms with Gasteiger partial charge in [0.05, 0.1) is 23.9 Å². The molecule has 0 saturated carbocycles. The van der Waals surface area contributed by atoms with Gasteiger partial charge in [-0.05, 0) is 35.9 Å². The van der Waals surface area contributed by atoms with Crippen LogP contribution in [0.1, 0.15) is 17.4 Å². The summed E-state index contributed by atoms with van der Waals surface area (Å²) in [5.74, 6) is 1.36. The number of carbonyl (C=O) groups is 1. The minimum atomic E-state index is 0.0428. The molecule has 0 amide bonds. The molecule has 3 heterocycles. The molecular weight excluding hydrogens is 388 g/mol. The number of hydrogen-bond donors (Lipinski definition) is 2. The highest BCUT2D eigenvalue weighted by molar-refractivity contribution is 5.99. The van der Waals surface area contributed by atoms with Gasteiger partial charge in [0.2, 0.25) is 0 Å². The minimum absolute atomic E-state index is 0.0428. The van der Waals surface area contributed by atoms with Crippen molar-refractivity contribution in [3.8, 4) is 22.6 Å². The highest BCUT2D eigenvalue weighted by Gasteiger charge is 2.12. The predicted molar refractivity (Wildman–Crippen MR) is 121 cm³/mol. The molecule has 0 aliphatic heterocycles. The quantitative estimate of drug-likeness (QED) is 0.401. The molecule has 152 valence electrons. The predicted octanol–water partition coefficient (Wildman–Crippen LogP) is 4.97. The fourth-order valence-electron chi connectivity index (χ4n) is 3.67. The number of fused-ring (bicyclic) bond motifs is 1. The molecule has 0 aliphatic rings. The molecule has 0 aliphatic carbocycles. The molecule has 0 fully saturated rings. The van der Waals surface area contributed by atoms with E-state index in [9.17, 15) is 4.79 Å². The Morgan fingerprint density at radius 3 is 2.58 bits per heavy atom. The normalized spacial score (nSPS) is 11.0. The van der Waals surface area contributed by atoms with Crippen molar-refractivity contribution in [1.29, 1.82) is 0 Å². The van der Waals surface area contributed by atoms with Crippen LogP contribution in [-0.2, 0) is 7.05 Å². The van der Waals surface area contributed by atoms with Crippen LogP contribution in [0, 0.1) is 0 Å². The maximum absolute atomic E-state index is 11.8. The summed E-state index contributed by atoms with van der Waals surface area (Å²) < 4.78 is 1.91. The Bertz CT molecular complexity index is 1380. The third-order valence-corrected chi connectivity index (χ3v) is 5.29. The molecular formula is C24H20N6O. The van der Waals surface area contributed by atoms with Gasteiger partial charge in [-0.15, -0.1) is 0 Å². The molecule has 2 N–H and O–H groups in total. The molecule has 7 heteroatoms. The zero-order valence-corrected chi connectivity index (χ0v) is 17.1. The van der Waals surface area contributed by atoms with E-state index in [1.165, 1.54) is 0 Å². The van der Waals surface area contributed by atoms with Crippen LogP contribution in [0.25, 0.3) is 33.5 Å².